The van der Waals surface area contributed by atoms with Crippen LogP contribution in [-0.4, -0.2) is 118 Å². The number of hydrogen-bond acceptors (Lipinski definition) is 11. The Hall–Kier alpha value is -5.30. The maximum absolute atomic E-state index is 14.2. The lowest BCUT2D eigenvalue weighted by atomic mass is 9.98. The fraction of sp³-hybridized carbons (Fsp3) is 0.808. The minimum absolute atomic E-state index is 0.0390. The summed E-state index contributed by atoms with van der Waals surface area (Å²) >= 11 is 0. The van der Waals surface area contributed by atoms with Crippen LogP contribution in [0, 0.1) is 35.5 Å². The van der Waals surface area contributed by atoms with Crippen LogP contribution < -0.4 is 37.2 Å². The maximum atomic E-state index is 14.2. The number of carboxylic acids is 2. The van der Waals surface area contributed by atoms with Gasteiger partial charge in [0.05, 0.1) is 12.8 Å². The van der Waals surface area contributed by atoms with Gasteiger partial charge in [0.15, 0.2) is 0 Å². The van der Waals surface area contributed by atoms with Crippen molar-refractivity contribution < 1.29 is 62.9 Å². The van der Waals surface area contributed by atoms with Crippen LogP contribution in [0.15, 0.2) is 0 Å². The summed E-state index contributed by atoms with van der Waals surface area (Å²) in [6, 6.07) is -9.64. The van der Waals surface area contributed by atoms with Crippen molar-refractivity contribution in [2.75, 3.05) is 0 Å². The van der Waals surface area contributed by atoms with Gasteiger partial charge >= 0.3 is 17.9 Å². The largest absolute Gasteiger partial charge is 0.481 e. The van der Waals surface area contributed by atoms with Gasteiger partial charge in [-0.15, -0.1) is 0 Å². The zero-order valence-electron chi connectivity index (χ0n) is 45.3. The molecule has 412 valence electrons. The second-order valence-corrected chi connectivity index (χ2v) is 22.1. The van der Waals surface area contributed by atoms with Gasteiger partial charge in [-0.05, 0) is 80.5 Å². The lowest BCUT2D eigenvalue weighted by Gasteiger charge is -2.29. The number of carboxylic acid groups (broad SMARTS) is 2. The fourth-order valence-corrected chi connectivity index (χ4v) is 8.40. The second-order valence-electron chi connectivity index (χ2n) is 22.1. The Morgan fingerprint density at radius 2 is 0.861 bits per heavy atom. The minimum atomic E-state index is -1.72. The monoisotopic (exact) mass is 1020 g/mol. The summed E-state index contributed by atoms with van der Waals surface area (Å²) in [5, 5.41) is 37.9. The van der Waals surface area contributed by atoms with E-state index in [1.54, 1.807) is 55.4 Å². The molecule has 1 aliphatic rings. The number of cyclic esters (lactones) is 1. The van der Waals surface area contributed by atoms with Crippen LogP contribution in [0.25, 0.3) is 0 Å². The molecule has 0 aromatic heterocycles. The first-order valence-electron chi connectivity index (χ1n) is 26.3. The van der Waals surface area contributed by atoms with E-state index in [1.807, 2.05) is 13.8 Å². The Bertz CT molecular complexity index is 1790. The van der Waals surface area contributed by atoms with Crippen LogP contribution in [0.1, 0.15) is 186 Å². The number of nitrogens with one attached hydrogen (secondary N) is 7. The number of unbranched alkanes of at least 4 members (excludes halogenated alkanes) is 5. The van der Waals surface area contributed by atoms with E-state index in [4.69, 9.17) is 4.74 Å². The number of rotatable bonds is 23. The molecule has 0 bridgehead atoms. The molecule has 1 fully saturated rings. The van der Waals surface area contributed by atoms with Crippen LogP contribution in [0.2, 0.25) is 0 Å². The molecule has 72 heavy (non-hydrogen) atoms. The number of esters is 1. The number of amides is 7. The molecule has 9 N–H and O–H groups in total. The van der Waals surface area contributed by atoms with Gasteiger partial charge in [-0.3, -0.25) is 43.2 Å². The van der Waals surface area contributed by atoms with Crippen LogP contribution in [0.4, 0.5) is 0 Å². The third kappa shape index (κ3) is 26.9. The molecular weight excluding hydrogens is 931 g/mol. The Morgan fingerprint density at radius 3 is 1.31 bits per heavy atom. The Morgan fingerprint density at radius 1 is 0.458 bits per heavy atom. The third-order valence-electron chi connectivity index (χ3n) is 12.1. The van der Waals surface area contributed by atoms with Crippen LogP contribution in [0.5, 0.6) is 0 Å². The van der Waals surface area contributed by atoms with E-state index in [2.05, 4.69) is 51.1 Å². The number of ether oxygens (including phenoxy) is 1. The zero-order valence-corrected chi connectivity index (χ0v) is 45.3. The summed E-state index contributed by atoms with van der Waals surface area (Å²) in [6.07, 6.45) is 3.79. The summed E-state index contributed by atoms with van der Waals surface area (Å²) in [7, 11) is 0. The van der Waals surface area contributed by atoms with E-state index >= 15 is 0 Å². The van der Waals surface area contributed by atoms with Gasteiger partial charge in [0.1, 0.15) is 48.4 Å². The second kappa shape index (κ2) is 33.4. The maximum Gasteiger partial charge on any atom is 0.328 e. The standard InChI is InChI=1S/C52H91N7O13/c1-29(2)19-17-15-13-14-16-18-20-35-27-42(60)53-36(21-22-43(61)62)46(65)54-37(23-30(3)4)47(66)56-39(25-32(7)8)50(69)59-45(34(11)12)51(70)57-40(28-44(63)64)49(68)55-38(24-31(5)6)48(67)58-41(26-33(9)10)52(71)72-35/h29-41,45H,13-28H2,1-12H3,(H,53,60)(H,54,65)(H,55,68)(H,56,66)(H,57,70)(H,58,67)(H,59,69)(H,61,62)(H,63,64)/t35-,36-,37-,38+,39+,40-,41-,45-/m0/s1. The van der Waals surface area contributed by atoms with Crippen molar-refractivity contribution >= 4 is 59.3 Å². The summed E-state index contributed by atoms with van der Waals surface area (Å²) in [4.78, 5) is 136. The SMILES string of the molecule is CC(C)CCCCCCCC[C@H]1CC(=O)N[C@@H](CCC(=O)O)C(=O)N[C@@H](CC(C)C)C(=O)N[C@H](CC(C)C)C(=O)N[C@@H](C(C)C)C(=O)N[C@@H](CC(=O)O)C(=O)N[C@H](CC(C)C)C(=O)N[C@@H](CC(C)C)C(=O)O1. The van der Waals surface area contributed by atoms with Crippen molar-refractivity contribution in [2.24, 2.45) is 35.5 Å². The molecule has 0 spiro atoms. The topological polar surface area (TPSA) is 305 Å². The highest BCUT2D eigenvalue weighted by Crippen LogP contribution is 2.19. The Labute approximate surface area is 428 Å². The van der Waals surface area contributed by atoms with Gasteiger partial charge in [0, 0.05) is 6.42 Å². The van der Waals surface area contributed by atoms with Gasteiger partial charge in [-0.1, -0.05) is 122 Å². The highest BCUT2D eigenvalue weighted by Gasteiger charge is 2.37. The Kier molecular flexibility index (Phi) is 30.0. The van der Waals surface area contributed by atoms with Crippen molar-refractivity contribution in [2.45, 2.75) is 234 Å². The first-order chi connectivity index (χ1) is 33.6. The highest BCUT2D eigenvalue weighted by molar-refractivity contribution is 5.98. The van der Waals surface area contributed by atoms with E-state index in [0.717, 1.165) is 38.5 Å². The van der Waals surface area contributed by atoms with Crippen LogP contribution >= 0.6 is 0 Å². The Balaban J connectivity index is 3.98. The zero-order chi connectivity index (χ0) is 54.8. The van der Waals surface area contributed by atoms with Crippen molar-refractivity contribution in [1.82, 2.24) is 37.2 Å². The van der Waals surface area contributed by atoms with E-state index in [-0.39, 0.29) is 62.2 Å². The average Bonchev–Trinajstić information content (AvgIpc) is 3.24. The number of hydrogen-bond donors (Lipinski definition) is 9. The molecule has 7 amide bonds. The third-order valence-corrected chi connectivity index (χ3v) is 12.1. The summed E-state index contributed by atoms with van der Waals surface area (Å²) < 4.78 is 6.03. The predicted octanol–water partition coefficient (Wildman–Crippen LogP) is 4.65. The quantitative estimate of drug-likeness (QED) is 0.0498. The molecule has 20 nitrogen and oxygen atoms in total. The lowest BCUT2D eigenvalue weighted by Crippen LogP contribution is -2.61. The van der Waals surface area contributed by atoms with Gasteiger partial charge in [0.2, 0.25) is 41.4 Å². The summed E-state index contributed by atoms with van der Waals surface area (Å²) in [5.74, 6) is -10.2. The number of carbonyl (C=O) groups excluding carboxylic acids is 8. The van der Waals surface area contributed by atoms with E-state index in [9.17, 15) is 58.2 Å². The molecule has 0 aromatic rings. The van der Waals surface area contributed by atoms with Crippen LogP contribution in [-0.2, 0) is 52.7 Å². The molecule has 0 aliphatic carbocycles. The minimum Gasteiger partial charge on any atom is -0.481 e. The normalized spacial score (nSPS) is 24.2. The average molecular weight is 1020 g/mol. The molecule has 0 radical (unpaired) electrons. The molecule has 20 heteroatoms. The molecule has 1 rings (SSSR count). The molecule has 0 unspecified atom stereocenters. The van der Waals surface area contributed by atoms with Gasteiger partial charge in [-0.25, -0.2) is 4.79 Å². The number of carbonyl (C=O) groups is 10. The van der Waals surface area contributed by atoms with Crippen molar-refractivity contribution in [3.05, 3.63) is 0 Å². The molecule has 1 saturated heterocycles. The summed E-state index contributed by atoms with van der Waals surface area (Å²) in [5.41, 5.74) is 0. The van der Waals surface area contributed by atoms with Crippen molar-refractivity contribution in [3.8, 4) is 0 Å². The van der Waals surface area contributed by atoms with Gasteiger partial charge < -0.3 is 52.2 Å². The lowest BCUT2D eigenvalue weighted by molar-refractivity contribution is -0.155. The number of aliphatic carboxylic acids is 2. The summed E-state index contributed by atoms with van der Waals surface area (Å²) in [6.45, 7) is 22.0. The first kappa shape index (κ1) is 64.7. The molecule has 0 aromatic carbocycles. The highest BCUT2D eigenvalue weighted by atomic mass is 16.5. The smallest absolute Gasteiger partial charge is 0.328 e. The van der Waals surface area contributed by atoms with E-state index in [1.165, 1.54) is 0 Å². The van der Waals surface area contributed by atoms with Crippen molar-refractivity contribution in [1.29, 1.82) is 0 Å². The van der Waals surface area contributed by atoms with Gasteiger partial charge in [0.25, 0.3) is 0 Å². The molecule has 8 atom stereocenters. The first-order valence-corrected chi connectivity index (χ1v) is 26.3. The molecule has 1 heterocycles. The van der Waals surface area contributed by atoms with E-state index < -0.39 is 133 Å². The van der Waals surface area contributed by atoms with E-state index in [0.29, 0.717) is 12.3 Å². The fourth-order valence-electron chi connectivity index (χ4n) is 8.40. The van der Waals surface area contributed by atoms with Crippen molar-refractivity contribution in [3.63, 3.8) is 0 Å². The predicted molar refractivity (Wildman–Crippen MR) is 272 cm³/mol. The van der Waals surface area contributed by atoms with Gasteiger partial charge in [-0.2, -0.15) is 0 Å². The van der Waals surface area contributed by atoms with Crippen LogP contribution in [0.3, 0.4) is 0 Å². The molecule has 0 saturated carbocycles. The molecule has 1 aliphatic heterocycles. The molecular formula is C52H91N7O13.